The Labute approximate surface area is 102 Å². The lowest BCUT2D eigenvalue weighted by Crippen LogP contribution is -2.06. The topological polar surface area (TPSA) is 104 Å². The third-order valence-corrected chi connectivity index (χ3v) is 1.94. The summed E-state index contributed by atoms with van der Waals surface area (Å²) < 4.78 is 4.90. The minimum atomic E-state index is -1.31. The molecule has 8 nitrogen and oxygen atoms in total. The zero-order valence-corrected chi connectivity index (χ0v) is 9.92. The molecular formula is C10H12O8. The van der Waals surface area contributed by atoms with Gasteiger partial charge in [-0.2, -0.15) is 9.78 Å². The first-order valence-electron chi connectivity index (χ1n) is 4.65. The average Bonchev–Trinajstić information content (AvgIpc) is 2.33. The average molecular weight is 260 g/mol. The molecule has 8 heteroatoms. The van der Waals surface area contributed by atoms with E-state index in [1.54, 1.807) is 0 Å². The molecule has 0 aliphatic rings. The summed E-state index contributed by atoms with van der Waals surface area (Å²) >= 11 is 0. The number of aromatic carboxylic acids is 1. The molecule has 0 saturated heterocycles. The van der Waals surface area contributed by atoms with Crippen molar-refractivity contribution in [2.24, 2.45) is 0 Å². The number of phenols is 1. The van der Waals surface area contributed by atoms with Crippen LogP contribution in [0.2, 0.25) is 0 Å². The van der Waals surface area contributed by atoms with Gasteiger partial charge in [0.25, 0.3) is 11.5 Å². The van der Waals surface area contributed by atoms with Gasteiger partial charge in [0.2, 0.25) is 0 Å². The number of hydrogen-bond donors (Lipinski definition) is 2. The van der Waals surface area contributed by atoms with Crippen molar-refractivity contribution in [2.75, 3.05) is 21.3 Å². The van der Waals surface area contributed by atoms with Crippen molar-refractivity contribution < 1.29 is 39.3 Å². The normalized spacial score (nSPS) is 9.94. The quantitative estimate of drug-likeness (QED) is 0.576. The summed E-state index contributed by atoms with van der Waals surface area (Å²) in [6, 6.07) is 0.942. The van der Waals surface area contributed by atoms with Gasteiger partial charge < -0.3 is 24.7 Å². The van der Waals surface area contributed by atoms with E-state index in [1.807, 2.05) is 0 Å². The molecule has 2 N–H and O–H groups in total. The number of rotatable bonds is 6. The van der Waals surface area contributed by atoms with Crippen molar-refractivity contribution in [1.82, 2.24) is 0 Å². The van der Waals surface area contributed by atoms with Gasteiger partial charge >= 0.3 is 5.97 Å². The molecule has 0 aromatic heterocycles. The molecule has 0 amide bonds. The van der Waals surface area contributed by atoms with Gasteiger partial charge in [0.05, 0.1) is 21.3 Å². The largest absolute Gasteiger partial charge is 0.504 e. The summed E-state index contributed by atoms with van der Waals surface area (Å²) in [5.41, 5.74) is -0.314. The van der Waals surface area contributed by atoms with E-state index in [9.17, 15) is 9.90 Å². The summed E-state index contributed by atoms with van der Waals surface area (Å²) in [6.45, 7) is 0. The van der Waals surface area contributed by atoms with Crippen molar-refractivity contribution >= 4 is 5.97 Å². The fourth-order valence-electron chi connectivity index (χ4n) is 1.29. The SMILES string of the molecule is COOc1c(O)cc(C(=O)O)c(OC)c1OOC. The smallest absolute Gasteiger partial charge is 0.339 e. The number of benzene rings is 1. The molecule has 0 fully saturated rings. The lowest BCUT2D eigenvalue weighted by molar-refractivity contribution is -0.203. The van der Waals surface area contributed by atoms with E-state index in [4.69, 9.17) is 14.7 Å². The Morgan fingerprint density at radius 3 is 2.06 bits per heavy atom. The standard InChI is InChI=1S/C10H12O8/c1-14-7-5(10(12)13)4-6(11)8(17-15-2)9(7)18-16-3/h4,11H,1-3H3,(H,12,13). The van der Waals surface area contributed by atoms with Crippen LogP contribution in [0.3, 0.4) is 0 Å². The molecule has 0 aliphatic carbocycles. The monoisotopic (exact) mass is 260 g/mol. The summed E-state index contributed by atoms with van der Waals surface area (Å²) in [5.74, 6) is -2.50. The van der Waals surface area contributed by atoms with Crippen molar-refractivity contribution in [3.05, 3.63) is 11.6 Å². The first-order chi connectivity index (χ1) is 8.56. The van der Waals surface area contributed by atoms with Crippen LogP contribution in [0, 0.1) is 0 Å². The second-order valence-electron chi connectivity index (χ2n) is 2.94. The lowest BCUT2D eigenvalue weighted by atomic mass is 10.1. The van der Waals surface area contributed by atoms with E-state index < -0.39 is 11.7 Å². The Bertz CT molecular complexity index is 442. The van der Waals surface area contributed by atoms with Gasteiger partial charge in [0, 0.05) is 6.07 Å². The van der Waals surface area contributed by atoms with Crippen LogP contribution in [0.5, 0.6) is 23.0 Å². The summed E-state index contributed by atoms with van der Waals surface area (Å²) in [7, 11) is 3.63. The van der Waals surface area contributed by atoms with Crippen LogP contribution in [-0.2, 0) is 9.78 Å². The third kappa shape index (κ3) is 2.55. The molecule has 1 rings (SSSR count). The van der Waals surface area contributed by atoms with Gasteiger partial charge in [-0.25, -0.2) is 4.79 Å². The van der Waals surface area contributed by atoms with Crippen molar-refractivity contribution in [3.8, 4) is 23.0 Å². The number of ether oxygens (including phenoxy) is 1. The molecule has 0 aliphatic heterocycles. The predicted molar refractivity (Wildman–Crippen MR) is 56.9 cm³/mol. The van der Waals surface area contributed by atoms with Gasteiger partial charge in [-0.15, -0.1) is 0 Å². The van der Waals surface area contributed by atoms with Gasteiger partial charge in [0.1, 0.15) is 5.56 Å². The molecule has 0 unspecified atom stereocenters. The second kappa shape index (κ2) is 5.94. The Morgan fingerprint density at radius 1 is 1.06 bits per heavy atom. The highest BCUT2D eigenvalue weighted by Crippen LogP contribution is 2.46. The predicted octanol–water partition coefficient (Wildman–Crippen LogP) is 0.979. The third-order valence-electron chi connectivity index (χ3n) is 1.94. The molecule has 0 heterocycles. The van der Waals surface area contributed by atoms with E-state index in [0.717, 1.165) is 6.07 Å². The molecule has 1 aromatic carbocycles. The van der Waals surface area contributed by atoms with E-state index in [-0.39, 0.29) is 22.8 Å². The molecule has 18 heavy (non-hydrogen) atoms. The maximum Gasteiger partial charge on any atom is 0.339 e. The highest BCUT2D eigenvalue weighted by molar-refractivity contribution is 5.93. The van der Waals surface area contributed by atoms with Gasteiger partial charge in [-0.05, 0) is 0 Å². The van der Waals surface area contributed by atoms with E-state index in [2.05, 4.69) is 14.7 Å². The maximum atomic E-state index is 11.0. The molecule has 0 atom stereocenters. The molecular weight excluding hydrogens is 248 g/mol. The van der Waals surface area contributed by atoms with Crippen LogP contribution in [-0.4, -0.2) is 37.5 Å². The zero-order chi connectivity index (χ0) is 13.7. The number of hydrogen-bond acceptors (Lipinski definition) is 7. The first kappa shape index (κ1) is 13.9. The lowest BCUT2D eigenvalue weighted by Gasteiger charge is -2.14. The number of phenolic OH excluding ortho intramolecular Hbond substituents is 1. The fourth-order valence-corrected chi connectivity index (χ4v) is 1.29. The van der Waals surface area contributed by atoms with Gasteiger partial charge in [0.15, 0.2) is 11.5 Å². The molecule has 100 valence electrons. The van der Waals surface area contributed by atoms with Crippen LogP contribution in [0.1, 0.15) is 10.4 Å². The maximum absolute atomic E-state index is 11.0. The number of methoxy groups -OCH3 is 1. The van der Waals surface area contributed by atoms with E-state index >= 15 is 0 Å². The van der Waals surface area contributed by atoms with Crippen LogP contribution in [0.25, 0.3) is 0 Å². The van der Waals surface area contributed by atoms with Crippen LogP contribution >= 0.6 is 0 Å². The van der Waals surface area contributed by atoms with E-state index in [1.165, 1.54) is 21.3 Å². The Hall–Kier alpha value is -2.19. The summed E-state index contributed by atoms with van der Waals surface area (Å²) in [6.07, 6.45) is 0. The highest BCUT2D eigenvalue weighted by Gasteiger charge is 2.26. The molecule has 0 spiro atoms. The van der Waals surface area contributed by atoms with Crippen molar-refractivity contribution in [3.63, 3.8) is 0 Å². The molecule has 1 aromatic rings. The van der Waals surface area contributed by atoms with Crippen LogP contribution < -0.4 is 14.5 Å². The second-order valence-corrected chi connectivity index (χ2v) is 2.94. The van der Waals surface area contributed by atoms with Crippen molar-refractivity contribution in [2.45, 2.75) is 0 Å². The number of aromatic hydroxyl groups is 1. The first-order valence-corrected chi connectivity index (χ1v) is 4.65. The molecule has 0 saturated carbocycles. The molecule has 0 bridgehead atoms. The minimum absolute atomic E-state index is 0.172. The van der Waals surface area contributed by atoms with Crippen LogP contribution in [0.4, 0.5) is 0 Å². The molecule has 0 radical (unpaired) electrons. The fraction of sp³-hybridized carbons (Fsp3) is 0.300. The van der Waals surface area contributed by atoms with Crippen LogP contribution in [0.15, 0.2) is 6.07 Å². The highest BCUT2D eigenvalue weighted by atomic mass is 17.2. The Kier molecular flexibility index (Phi) is 4.58. The number of carbonyl (C=O) groups is 1. The zero-order valence-electron chi connectivity index (χ0n) is 9.92. The Balaban J connectivity index is 3.49. The van der Waals surface area contributed by atoms with Crippen molar-refractivity contribution in [1.29, 1.82) is 0 Å². The van der Waals surface area contributed by atoms with Gasteiger partial charge in [-0.1, -0.05) is 0 Å². The number of carboxylic acid groups (broad SMARTS) is 1. The minimum Gasteiger partial charge on any atom is -0.504 e. The summed E-state index contributed by atoms with van der Waals surface area (Å²) in [4.78, 5) is 29.2. The number of carboxylic acids is 1. The van der Waals surface area contributed by atoms with E-state index in [0.29, 0.717) is 0 Å². The summed E-state index contributed by atoms with van der Waals surface area (Å²) in [5, 5.41) is 18.6. The Morgan fingerprint density at radius 2 is 1.61 bits per heavy atom. The van der Waals surface area contributed by atoms with Gasteiger partial charge in [-0.3, -0.25) is 0 Å².